The van der Waals surface area contributed by atoms with E-state index in [0.29, 0.717) is 10.8 Å². The molecule has 2 atom stereocenters. The normalized spacial score (nSPS) is 12.7. The Balaban J connectivity index is 4.23. The summed E-state index contributed by atoms with van der Waals surface area (Å²) in [6, 6.07) is -1.74. The van der Waals surface area contributed by atoms with Crippen LogP contribution in [0.3, 0.4) is 0 Å². The van der Waals surface area contributed by atoms with E-state index in [2.05, 4.69) is 19.0 Å². The number of unbranched alkanes of at least 4 members (excludes halogenated alkanes) is 28. The monoisotopic (exact) mass is 869 g/mol. The Morgan fingerprint density at radius 3 is 1.30 bits per heavy atom. The van der Waals surface area contributed by atoms with Crippen LogP contribution >= 0.6 is 20.6 Å². The van der Waals surface area contributed by atoms with Gasteiger partial charge in [0.1, 0.15) is 0 Å². The first-order valence-corrected chi connectivity index (χ1v) is 25.1. The van der Waals surface area contributed by atoms with Gasteiger partial charge >= 0.3 is 236 Å². The summed E-state index contributed by atoms with van der Waals surface area (Å²) in [6.45, 7) is 4.05. The molecule has 0 radical (unpaired) electrons. The Labute approximate surface area is 331 Å². The summed E-state index contributed by atoms with van der Waals surface area (Å²) >= 11 is -2.70. The molecule has 0 saturated heterocycles. The molecule has 0 aromatic rings. The van der Waals surface area contributed by atoms with Crippen LogP contribution < -0.4 is 0 Å². The Bertz CT molecular complexity index is 862. The van der Waals surface area contributed by atoms with E-state index in [1.54, 1.807) is 0 Å². The number of nitrogens with zero attached hydrogens (tertiary/aromatic N) is 1. The molecule has 0 aliphatic rings. The molecule has 2 N–H and O–H groups in total. The van der Waals surface area contributed by atoms with Gasteiger partial charge in [-0.15, -0.1) is 0 Å². The molecule has 53 heavy (non-hydrogen) atoms. The van der Waals surface area contributed by atoms with Crippen molar-refractivity contribution in [3.8, 4) is 0 Å². The van der Waals surface area contributed by atoms with Gasteiger partial charge in [-0.25, -0.2) is 0 Å². The zero-order valence-corrected chi connectivity index (χ0v) is 36.1. The number of ether oxygens (including phenoxy) is 2. The van der Waals surface area contributed by atoms with E-state index in [0.717, 1.165) is 38.5 Å². The van der Waals surface area contributed by atoms with Crippen LogP contribution in [0.1, 0.15) is 219 Å². The van der Waals surface area contributed by atoms with Gasteiger partial charge in [0.05, 0.1) is 0 Å². The van der Waals surface area contributed by atoms with Gasteiger partial charge in [-0.05, 0) is 0 Å². The summed E-state index contributed by atoms with van der Waals surface area (Å²) < 4.78 is 27.5. The molecule has 0 aliphatic carbocycles. The number of hydrogen-bond donors (Lipinski definition) is 2. The molecule has 0 fully saturated rings. The number of carboxylic acids is 1. The smallest absolute Gasteiger partial charge is 0.0654 e. The minimum absolute atomic E-state index is 0.105. The van der Waals surface area contributed by atoms with Gasteiger partial charge in [-0.2, -0.15) is 0 Å². The quantitative estimate of drug-likeness (QED) is 0.0201. The fourth-order valence-electron chi connectivity index (χ4n) is 6.35. The van der Waals surface area contributed by atoms with Gasteiger partial charge in [0, 0.05) is 0 Å². The van der Waals surface area contributed by atoms with E-state index in [4.69, 9.17) is 17.6 Å². The van der Waals surface area contributed by atoms with Crippen molar-refractivity contribution >= 4 is 38.6 Å². The van der Waals surface area contributed by atoms with Crippen LogP contribution in [0.2, 0.25) is 0 Å². The summed E-state index contributed by atoms with van der Waals surface area (Å²) in [5.41, 5.74) is 0. The van der Waals surface area contributed by atoms with Crippen LogP contribution in [0.5, 0.6) is 0 Å². The van der Waals surface area contributed by atoms with Gasteiger partial charge in [0.2, 0.25) is 0 Å². The molecule has 0 aromatic carbocycles. The number of nitroso groups, excluding NO2 is 1. The standard InChI is InChI=1S/C42H80INO9/c1-3-5-7-9-11-13-15-17-19-21-23-25-27-29-31-33-40(45)53-38(36-51-41(46)35-39(44-50)42(47)48)37-52-43(49)34-32-30-28-26-24-22-20-18-16-14-12-10-8-6-4-2/h38-39,49H,3-37H2,1-2H3,(H,47,48). The number of carbonyl (C=O) groups is 3. The fourth-order valence-corrected chi connectivity index (χ4v) is 8.67. The summed E-state index contributed by atoms with van der Waals surface area (Å²) in [5, 5.41) is 11.4. The molecule has 0 amide bonds. The van der Waals surface area contributed by atoms with Gasteiger partial charge in [-0.3, -0.25) is 0 Å². The van der Waals surface area contributed by atoms with Crippen LogP contribution in [0.25, 0.3) is 0 Å². The first-order valence-electron chi connectivity index (χ1n) is 21.7. The Morgan fingerprint density at radius 2 is 0.925 bits per heavy atom. The van der Waals surface area contributed by atoms with Gasteiger partial charge in [0.25, 0.3) is 0 Å². The van der Waals surface area contributed by atoms with Crippen LogP contribution in [0.15, 0.2) is 5.18 Å². The second-order valence-electron chi connectivity index (χ2n) is 14.9. The second-order valence-corrected chi connectivity index (χ2v) is 18.3. The molecule has 2 unspecified atom stereocenters. The topological polar surface area (TPSA) is 149 Å². The maximum atomic E-state index is 12.6. The van der Waals surface area contributed by atoms with Crippen molar-refractivity contribution in [1.82, 2.24) is 0 Å². The average Bonchev–Trinajstić information content (AvgIpc) is 3.14. The summed E-state index contributed by atoms with van der Waals surface area (Å²) in [4.78, 5) is 46.5. The average molecular weight is 870 g/mol. The first-order chi connectivity index (χ1) is 25.8. The number of esters is 2. The van der Waals surface area contributed by atoms with E-state index in [1.807, 2.05) is 0 Å². The van der Waals surface area contributed by atoms with Crippen molar-refractivity contribution in [2.75, 3.05) is 17.6 Å². The van der Waals surface area contributed by atoms with Crippen LogP contribution in [0.4, 0.5) is 0 Å². The van der Waals surface area contributed by atoms with Crippen molar-refractivity contribution in [2.45, 2.75) is 231 Å². The zero-order valence-electron chi connectivity index (χ0n) is 34.0. The third-order valence-electron chi connectivity index (χ3n) is 9.76. The van der Waals surface area contributed by atoms with Crippen molar-refractivity contribution in [3.63, 3.8) is 0 Å². The van der Waals surface area contributed by atoms with E-state index in [-0.39, 0.29) is 19.6 Å². The van der Waals surface area contributed by atoms with Crippen molar-refractivity contribution in [3.05, 3.63) is 4.91 Å². The number of halogens is 1. The third kappa shape index (κ3) is 37.4. The minimum Gasteiger partial charge on any atom is -0.0654 e. The molecule has 0 heterocycles. The van der Waals surface area contributed by atoms with Gasteiger partial charge in [0.15, 0.2) is 0 Å². The summed E-state index contributed by atoms with van der Waals surface area (Å²) in [6.07, 6.45) is 36.1. The third-order valence-corrected chi connectivity index (χ3v) is 12.5. The van der Waals surface area contributed by atoms with Crippen molar-refractivity contribution < 1.29 is 35.5 Å². The molecule has 0 bridgehead atoms. The second kappa shape index (κ2) is 40.3. The molecule has 314 valence electrons. The maximum absolute atomic E-state index is 12.6. The molecule has 11 heteroatoms. The number of carboxylic acid groups (broad SMARTS) is 1. The molecule has 10 nitrogen and oxygen atoms in total. The number of aliphatic carboxylic acids is 1. The Morgan fingerprint density at radius 1 is 0.547 bits per heavy atom. The number of hydrogen-bond acceptors (Lipinski definition) is 9. The van der Waals surface area contributed by atoms with Crippen LogP contribution in [-0.4, -0.2) is 56.2 Å². The molecule has 0 aliphatic heterocycles. The molecule has 0 rings (SSSR count). The molecule has 0 spiro atoms. The van der Waals surface area contributed by atoms with Crippen LogP contribution in [0, 0.1) is 4.91 Å². The summed E-state index contributed by atoms with van der Waals surface area (Å²) in [7, 11) is 0. The summed E-state index contributed by atoms with van der Waals surface area (Å²) in [5.74, 6) is -2.87. The zero-order chi connectivity index (χ0) is 39.0. The number of alkyl halides is 1. The van der Waals surface area contributed by atoms with Crippen molar-refractivity contribution in [1.29, 1.82) is 0 Å². The Hall–Kier alpha value is -1.34. The van der Waals surface area contributed by atoms with Gasteiger partial charge < -0.3 is 0 Å². The van der Waals surface area contributed by atoms with E-state index in [9.17, 15) is 22.7 Å². The predicted molar refractivity (Wildman–Crippen MR) is 224 cm³/mol. The minimum atomic E-state index is -2.70. The molecular formula is C42H80INO9. The fraction of sp³-hybridized carbons (Fsp3) is 0.929. The van der Waals surface area contributed by atoms with E-state index in [1.165, 1.54) is 148 Å². The van der Waals surface area contributed by atoms with E-state index >= 15 is 0 Å². The van der Waals surface area contributed by atoms with Gasteiger partial charge in [-0.1, -0.05) is 97.3 Å². The molecule has 0 saturated carbocycles. The van der Waals surface area contributed by atoms with Crippen molar-refractivity contribution in [2.24, 2.45) is 5.18 Å². The first kappa shape index (κ1) is 51.7. The molecule has 0 aromatic heterocycles. The van der Waals surface area contributed by atoms with E-state index < -0.39 is 57.1 Å². The number of rotatable bonds is 42. The number of carbonyl (C=O) groups excluding carboxylic acids is 2. The SMILES string of the molecule is CCCCCCCCCCCCCCCCCC(=O)OC(COC(=O)CC(N=O)C(=O)O)COI(O)CCCCCCCCCCCCCCCCC. The van der Waals surface area contributed by atoms with Crippen LogP contribution in [-0.2, 0) is 26.9 Å². The molecular weight excluding hydrogens is 789 g/mol. The Kier molecular flexibility index (Phi) is 39.3. The predicted octanol–water partition coefficient (Wildman–Crippen LogP) is 12.5.